The lowest BCUT2D eigenvalue weighted by Gasteiger charge is -2.22. The third-order valence-electron chi connectivity index (χ3n) is 4.33. The van der Waals surface area contributed by atoms with E-state index in [4.69, 9.17) is 4.74 Å². The molecule has 4 heteroatoms. The van der Waals surface area contributed by atoms with E-state index in [0.29, 0.717) is 24.3 Å². The predicted octanol–water partition coefficient (Wildman–Crippen LogP) is 5.20. The van der Waals surface area contributed by atoms with E-state index in [1.165, 1.54) is 0 Å². The highest BCUT2D eigenvalue weighted by Gasteiger charge is 2.26. The van der Waals surface area contributed by atoms with Crippen molar-refractivity contribution in [3.63, 3.8) is 0 Å². The number of phenolic OH excluding ortho intramolecular Hbond substituents is 1. The van der Waals surface area contributed by atoms with Crippen molar-refractivity contribution in [3.05, 3.63) is 57.6 Å². The first-order chi connectivity index (χ1) is 11.2. The lowest BCUT2D eigenvalue weighted by molar-refractivity contribution is -0.124. The number of carbonyl (C=O) groups is 1. The number of ether oxygens (including phenoxy) is 1. The first-order valence-electron chi connectivity index (χ1n) is 7.90. The first kappa shape index (κ1) is 18.5. The summed E-state index contributed by atoms with van der Waals surface area (Å²) in [6, 6.07) is 11.6. The molecule has 0 unspecified atom stereocenters. The minimum atomic E-state index is -0.497. The standard InChI is InChI=1S/C20H23BrO3/c1-13-18(24-12-15-6-5-7-17(21)10-15)9-8-16(19(13)23)11-20(3,4)14(2)22/h5-10,23H,11-12H2,1-4H3. The van der Waals surface area contributed by atoms with Crippen molar-refractivity contribution in [3.8, 4) is 11.5 Å². The zero-order valence-corrected chi connectivity index (χ0v) is 16.1. The van der Waals surface area contributed by atoms with E-state index in [1.54, 1.807) is 6.92 Å². The fourth-order valence-electron chi connectivity index (χ4n) is 2.43. The number of phenols is 1. The highest BCUT2D eigenvalue weighted by Crippen LogP contribution is 2.35. The molecule has 0 amide bonds. The first-order valence-corrected chi connectivity index (χ1v) is 8.70. The van der Waals surface area contributed by atoms with Crippen molar-refractivity contribution in [2.45, 2.75) is 40.7 Å². The van der Waals surface area contributed by atoms with E-state index < -0.39 is 5.41 Å². The maximum absolute atomic E-state index is 11.7. The number of aromatic hydroxyl groups is 1. The molecule has 0 saturated carbocycles. The van der Waals surface area contributed by atoms with Gasteiger partial charge in [0.1, 0.15) is 23.9 Å². The minimum absolute atomic E-state index is 0.106. The summed E-state index contributed by atoms with van der Waals surface area (Å²) in [6.45, 7) is 7.62. The van der Waals surface area contributed by atoms with Crippen LogP contribution in [0.15, 0.2) is 40.9 Å². The topological polar surface area (TPSA) is 46.5 Å². The molecule has 0 aromatic heterocycles. The van der Waals surface area contributed by atoms with Gasteiger partial charge in [-0.2, -0.15) is 0 Å². The molecule has 0 aliphatic heterocycles. The van der Waals surface area contributed by atoms with E-state index in [2.05, 4.69) is 15.9 Å². The summed E-state index contributed by atoms with van der Waals surface area (Å²) >= 11 is 3.44. The third-order valence-corrected chi connectivity index (χ3v) is 4.83. The third kappa shape index (κ3) is 4.38. The Morgan fingerprint density at radius 2 is 1.96 bits per heavy atom. The average molecular weight is 391 g/mol. The Morgan fingerprint density at radius 3 is 2.58 bits per heavy atom. The minimum Gasteiger partial charge on any atom is -0.507 e. The second-order valence-electron chi connectivity index (χ2n) is 6.73. The van der Waals surface area contributed by atoms with E-state index in [0.717, 1.165) is 15.6 Å². The number of carbonyl (C=O) groups excluding carboxylic acids is 1. The molecule has 0 saturated heterocycles. The van der Waals surface area contributed by atoms with Gasteiger partial charge in [-0.25, -0.2) is 0 Å². The number of halogens is 1. The number of Topliss-reactive ketones (excluding diaryl/α,β-unsaturated/α-hetero) is 1. The second kappa shape index (κ2) is 7.39. The smallest absolute Gasteiger partial charge is 0.135 e. The van der Waals surface area contributed by atoms with Crippen LogP contribution in [0.25, 0.3) is 0 Å². The summed E-state index contributed by atoms with van der Waals surface area (Å²) < 4.78 is 6.85. The summed E-state index contributed by atoms with van der Waals surface area (Å²) in [7, 11) is 0. The molecular formula is C20H23BrO3. The van der Waals surface area contributed by atoms with Crippen LogP contribution in [0.3, 0.4) is 0 Å². The Kier molecular flexibility index (Phi) is 5.70. The van der Waals surface area contributed by atoms with Gasteiger partial charge in [-0.3, -0.25) is 4.79 Å². The normalized spacial score (nSPS) is 11.4. The lowest BCUT2D eigenvalue weighted by atomic mass is 9.82. The number of ketones is 1. The molecule has 24 heavy (non-hydrogen) atoms. The van der Waals surface area contributed by atoms with Crippen molar-refractivity contribution in [2.24, 2.45) is 5.41 Å². The number of hydrogen-bond acceptors (Lipinski definition) is 3. The van der Waals surface area contributed by atoms with Crippen LogP contribution < -0.4 is 4.74 Å². The molecule has 0 fully saturated rings. The monoisotopic (exact) mass is 390 g/mol. The zero-order valence-electron chi connectivity index (χ0n) is 14.5. The summed E-state index contributed by atoms with van der Waals surface area (Å²) in [5, 5.41) is 10.5. The molecule has 0 aliphatic rings. The van der Waals surface area contributed by atoms with Gasteiger partial charge in [0.05, 0.1) is 0 Å². The van der Waals surface area contributed by atoms with Gasteiger partial charge < -0.3 is 9.84 Å². The zero-order chi connectivity index (χ0) is 17.9. The molecule has 0 bridgehead atoms. The van der Waals surface area contributed by atoms with E-state index in [9.17, 15) is 9.90 Å². The molecule has 2 rings (SSSR count). The summed E-state index contributed by atoms with van der Waals surface area (Å²) in [5.74, 6) is 0.961. The molecule has 2 aromatic carbocycles. The molecule has 2 aromatic rings. The van der Waals surface area contributed by atoms with Gasteiger partial charge in [0.25, 0.3) is 0 Å². The maximum atomic E-state index is 11.7. The van der Waals surface area contributed by atoms with Gasteiger partial charge in [0.2, 0.25) is 0 Å². The van der Waals surface area contributed by atoms with Gasteiger partial charge in [-0.1, -0.05) is 48.0 Å². The number of benzene rings is 2. The van der Waals surface area contributed by atoms with Gasteiger partial charge >= 0.3 is 0 Å². The fraction of sp³-hybridized carbons (Fsp3) is 0.350. The van der Waals surface area contributed by atoms with Crippen molar-refractivity contribution < 1.29 is 14.6 Å². The molecule has 0 radical (unpaired) electrons. The Morgan fingerprint density at radius 1 is 1.25 bits per heavy atom. The molecule has 0 heterocycles. The largest absolute Gasteiger partial charge is 0.507 e. The van der Waals surface area contributed by atoms with Crippen LogP contribution in [-0.4, -0.2) is 10.9 Å². The van der Waals surface area contributed by atoms with Crippen LogP contribution in [0.2, 0.25) is 0 Å². The quantitative estimate of drug-likeness (QED) is 0.736. The lowest BCUT2D eigenvalue weighted by Crippen LogP contribution is -2.24. The van der Waals surface area contributed by atoms with Gasteiger partial charge in [-0.15, -0.1) is 0 Å². The Bertz CT molecular complexity index is 751. The van der Waals surface area contributed by atoms with Crippen molar-refractivity contribution in [1.29, 1.82) is 0 Å². The van der Waals surface area contributed by atoms with Crippen LogP contribution >= 0.6 is 15.9 Å². The van der Waals surface area contributed by atoms with Gasteiger partial charge in [-0.05, 0) is 49.6 Å². The Balaban J connectivity index is 2.16. The molecule has 0 spiro atoms. The number of rotatable bonds is 6. The van der Waals surface area contributed by atoms with Crippen molar-refractivity contribution in [2.75, 3.05) is 0 Å². The van der Waals surface area contributed by atoms with Crippen LogP contribution in [0.1, 0.15) is 37.5 Å². The molecule has 3 nitrogen and oxygen atoms in total. The molecule has 0 atom stereocenters. The van der Waals surface area contributed by atoms with Crippen molar-refractivity contribution >= 4 is 21.7 Å². The predicted molar refractivity (Wildman–Crippen MR) is 99.5 cm³/mol. The van der Waals surface area contributed by atoms with Crippen LogP contribution in [0, 0.1) is 12.3 Å². The molecule has 1 N–H and O–H groups in total. The fourth-order valence-corrected chi connectivity index (χ4v) is 2.87. The average Bonchev–Trinajstić information content (AvgIpc) is 2.51. The van der Waals surface area contributed by atoms with E-state index in [1.807, 2.05) is 57.2 Å². The second-order valence-corrected chi connectivity index (χ2v) is 7.65. The highest BCUT2D eigenvalue weighted by atomic mass is 79.9. The summed E-state index contributed by atoms with van der Waals surface area (Å²) in [5.41, 5.74) is 2.01. The molecule has 0 aliphatic carbocycles. The summed E-state index contributed by atoms with van der Waals surface area (Å²) in [6.07, 6.45) is 0.501. The van der Waals surface area contributed by atoms with Crippen LogP contribution in [-0.2, 0) is 17.8 Å². The SMILES string of the molecule is CC(=O)C(C)(C)Cc1ccc(OCc2cccc(Br)c2)c(C)c1O. The van der Waals surface area contributed by atoms with Gasteiger partial charge in [0, 0.05) is 15.5 Å². The van der Waals surface area contributed by atoms with E-state index >= 15 is 0 Å². The maximum Gasteiger partial charge on any atom is 0.135 e. The van der Waals surface area contributed by atoms with Gasteiger partial charge in [0.15, 0.2) is 0 Å². The van der Waals surface area contributed by atoms with Crippen LogP contribution in [0.4, 0.5) is 0 Å². The Hall–Kier alpha value is -1.81. The summed E-state index contributed by atoms with van der Waals surface area (Å²) in [4.78, 5) is 11.7. The van der Waals surface area contributed by atoms with Crippen molar-refractivity contribution in [1.82, 2.24) is 0 Å². The molecular weight excluding hydrogens is 368 g/mol. The van der Waals surface area contributed by atoms with Crippen LogP contribution in [0.5, 0.6) is 11.5 Å². The van der Waals surface area contributed by atoms with E-state index in [-0.39, 0.29) is 11.5 Å². The number of hydrogen-bond donors (Lipinski definition) is 1. The highest BCUT2D eigenvalue weighted by molar-refractivity contribution is 9.10. The molecule has 128 valence electrons. The Labute approximate surface area is 151 Å².